The van der Waals surface area contributed by atoms with Gasteiger partial charge in [0.25, 0.3) is 0 Å². The molecule has 1 fully saturated rings. The van der Waals surface area contributed by atoms with E-state index in [1.165, 1.54) is 0 Å². The maximum atomic E-state index is 11.0. The van der Waals surface area contributed by atoms with Crippen LogP contribution in [-0.2, 0) is 0 Å². The predicted octanol–water partition coefficient (Wildman–Crippen LogP) is 3.57. The van der Waals surface area contributed by atoms with Crippen molar-refractivity contribution in [3.05, 3.63) is 54.4 Å². The molecule has 0 aliphatic carbocycles. The lowest BCUT2D eigenvalue weighted by molar-refractivity contribution is 0.0608. The van der Waals surface area contributed by atoms with Crippen LogP contribution in [0.1, 0.15) is 30.9 Å². The molecule has 1 aliphatic heterocycles. The summed E-state index contributed by atoms with van der Waals surface area (Å²) < 4.78 is 5.35. The van der Waals surface area contributed by atoms with Crippen LogP contribution in [0.4, 0.5) is 0 Å². The summed E-state index contributed by atoms with van der Waals surface area (Å²) in [7, 11) is 1.64. The molecule has 3 heterocycles. The number of benzene rings is 1. The molecule has 0 saturated carbocycles. The van der Waals surface area contributed by atoms with Crippen molar-refractivity contribution in [2.24, 2.45) is 11.8 Å². The molecular weight excluding hydrogens is 436 g/mol. The molecular formula is C25H32N4O3S. The van der Waals surface area contributed by atoms with Gasteiger partial charge in [-0.15, -0.1) is 16.9 Å². The Balaban J connectivity index is 1.30. The second kappa shape index (κ2) is 11.7. The van der Waals surface area contributed by atoms with Crippen LogP contribution in [-0.4, -0.2) is 69.4 Å². The van der Waals surface area contributed by atoms with Crippen molar-refractivity contribution in [3.63, 3.8) is 0 Å². The van der Waals surface area contributed by atoms with E-state index >= 15 is 0 Å². The van der Waals surface area contributed by atoms with Crippen LogP contribution in [0.5, 0.6) is 5.75 Å². The summed E-state index contributed by atoms with van der Waals surface area (Å²) >= 11 is 1.71. The fraction of sp³-hybridized carbons (Fsp3) is 0.480. The first-order chi connectivity index (χ1) is 16.2. The van der Waals surface area contributed by atoms with Crippen molar-refractivity contribution < 1.29 is 14.9 Å². The van der Waals surface area contributed by atoms with Gasteiger partial charge in [0.15, 0.2) is 0 Å². The zero-order chi connectivity index (χ0) is 23.0. The highest BCUT2D eigenvalue weighted by atomic mass is 32.2. The van der Waals surface area contributed by atoms with E-state index < -0.39 is 6.10 Å². The zero-order valence-corrected chi connectivity index (χ0v) is 19.8. The summed E-state index contributed by atoms with van der Waals surface area (Å²) in [6, 6.07) is 11.5. The van der Waals surface area contributed by atoms with E-state index in [0.717, 1.165) is 65.5 Å². The van der Waals surface area contributed by atoms with Crippen LogP contribution >= 0.6 is 11.8 Å². The fourth-order valence-electron chi connectivity index (χ4n) is 4.68. The molecule has 0 bridgehead atoms. The van der Waals surface area contributed by atoms with Gasteiger partial charge in [0.1, 0.15) is 10.8 Å². The maximum Gasteiger partial charge on any atom is 0.119 e. The number of thioether (sulfide) groups is 1. The highest BCUT2D eigenvalue weighted by Gasteiger charge is 2.29. The average molecular weight is 469 g/mol. The van der Waals surface area contributed by atoms with E-state index in [0.29, 0.717) is 12.3 Å². The van der Waals surface area contributed by atoms with Gasteiger partial charge in [0.05, 0.1) is 18.7 Å². The van der Waals surface area contributed by atoms with Gasteiger partial charge in [-0.1, -0.05) is 0 Å². The first-order valence-corrected chi connectivity index (χ1v) is 12.5. The third-order valence-electron chi connectivity index (χ3n) is 6.57. The number of likely N-dealkylation sites (tertiary alicyclic amines) is 1. The summed E-state index contributed by atoms with van der Waals surface area (Å²) in [6.45, 7) is 3.07. The number of pyridine rings is 1. The van der Waals surface area contributed by atoms with Crippen LogP contribution in [0.3, 0.4) is 0 Å². The summed E-state index contributed by atoms with van der Waals surface area (Å²) in [5.74, 6) is 2.37. The molecule has 1 unspecified atom stereocenters. The van der Waals surface area contributed by atoms with E-state index in [9.17, 15) is 10.2 Å². The average Bonchev–Trinajstić information content (AvgIpc) is 2.87. The zero-order valence-electron chi connectivity index (χ0n) is 19.0. The second-order valence-electron chi connectivity index (χ2n) is 8.58. The largest absolute Gasteiger partial charge is 0.497 e. The van der Waals surface area contributed by atoms with E-state index in [2.05, 4.69) is 20.1 Å². The summed E-state index contributed by atoms with van der Waals surface area (Å²) in [4.78, 5) is 6.84. The molecule has 8 heteroatoms. The number of aliphatic hydroxyl groups is 2. The monoisotopic (exact) mass is 468 g/mol. The highest BCUT2D eigenvalue weighted by Crippen LogP contribution is 2.33. The molecule has 1 saturated heterocycles. The lowest BCUT2D eigenvalue weighted by atomic mass is 9.81. The fourth-order valence-corrected chi connectivity index (χ4v) is 5.52. The Bertz CT molecular complexity index is 1020. The number of fused-ring (bicyclic) bond motifs is 1. The third-order valence-corrected chi connectivity index (χ3v) is 7.47. The van der Waals surface area contributed by atoms with E-state index in [1.54, 1.807) is 31.3 Å². The molecule has 0 spiro atoms. The minimum atomic E-state index is -0.566. The number of aromatic nitrogens is 3. The van der Waals surface area contributed by atoms with E-state index in [-0.39, 0.29) is 12.5 Å². The number of piperidine rings is 1. The minimum Gasteiger partial charge on any atom is -0.497 e. The van der Waals surface area contributed by atoms with Crippen molar-refractivity contribution in [3.8, 4) is 5.75 Å². The first kappa shape index (κ1) is 23.9. The Hall–Kier alpha value is -2.26. The lowest BCUT2D eigenvalue weighted by Crippen LogP contribution is -2.43. The SMILES string of the molecule is COc1ccc2nccc(C(O)CC[C@@H]3CCN(CCSc4cccnn4)C[C@@H]3CO)c2c1. The van der Waals surface area contributed by atoms with Crippen LogP contribution in [0, 0.1) is 11.8 Å². The Morgan fingerprint density at radius 3 is 2.91 bits per heavy atom. The number of rotatable bonds is 10. The van der Waals surface area contributed by atoms with Gasteiger partial charge in [-0.3, -0.25) is 4.98 Å². The Morgan fingerprint density at radius 2 is 2.12 bits per heavy atom. The Kier molecular flexibility index (Phi) is 8.50. The van der Waals surface area contributed by atoms with Gasteiger partial charge in [-0.2, -0.15) is 5.10 Å². The number of hydrogen-bond donors (Lipinski definition) is 2. The van der Waals surface area contributed by atoms with Gasteiger partial charge in [0.2, 0.25) is 0 Å². The molecule has 2 aromatic heterocycles. The predicted molar refractivity (Wildman–Crippen MR) is 130 cm³/mol. The topological polar surface area (TPSA) is 91.6 Å². The van der Waals surface area contributed by atoms with Gasteiger partial charge >= 0.3 is 0 Å². The molecule has 1 aromatic carbocycles. The summed E-state index contributed by atoms with van der Waals surface area (Å²) in [5, 5.41) is 30.9. The van der Waals surface area contributed by atoms with Crippen molar-refractivity contribution in [1.82, 2.24) is 20.1 Å². The highest BCUT2D eigenvalue weighted by molar-refractivity contribution is 7.99. The van der Waals surface area contributed by atoms with E-state index in [1.807, 2.05) is 36.4 Å². The molecule has 0 radical (unpaired) electrons. The van der Waals surface area contributed by atoms with Gasteiger partial charge in [-0.25, -0.2) is 0 Å². The van der Waals surface area contributed by atoms with Crippen LogP contribution < -0.4 is 4.74 Å². The summed E-state index contributed by atoms with van der Waals surface area (Å²) in [6.07, 6.45) is 5.47. The molecule has 4 rings (SSSR count). The van der Waals surface area contributed by atoms with Crippen LogP contribution in [0.2, 0.25) is 0 Å². The van der Waals surface area contributed by atoms with Crippen LogP contribution in [0.25, 0.3) is 10.9 Å². The smallest absolute Gasteiger partial charge is 0.119 e. The number of ether oxygens (including phenoxy) is 1. The maximum absolute atomic E-state index is 11.0. The first-order valence-electron chi connectivity index (χ1n) is 11.5. The Labute approximate surface area is 199 Å². The van der Waals surface area contributed by atoms with Gasteiger partial charge < -0.3 is 19.8 Å². The third kappa shape index (κ3) is 6.20. The number of hydrogen-bond acceptors (Lipinski definition) is 8. The van der Waals surface area contributed by atoms with E-state index in [4.69, 9.17) is 4.74 Å². The van der Waals surface area contributed by atoms with Gasteiger partial charge in [-0.05, 0) is 79.6 Å². The molecule has 176 valence electrons. The van der Waals surface area contributed by atoms with Crippen molar-refractivity contribution in [1.29, 1.82) is 0 Å². The van der Waals surface area contributed by atoms with Gasteiger partial charge in [0, 0.05) is 43.2 Å². The standard InChI is InChI=1S/C25H32N4O3S/c1-32-20-5-6-23-22(15-20)21(8-11-26-23)24(31)7-4-18-9-12-29(16-19(18)17-30)13-14-33-25-3-2-10-27-28-25/h2-3,5-6,8,10-11,15,18-19,24,30-31H,4,7,9,12-14,16-17H2,1H3/t18-,19-,24?/m1/s1. The second-order valence-corrected chi connectivity index (χ2v) is 9.69. The lowest BCUT2D eigenvalue weighted by Gasteiger charge is -2.38. The number of aliphatic hydroxyl groups excluding tert-OH is 2. The van der Waals surface area contributed by atoms with Crippen molar-refractivity contribution >= 4 is 22.7 Å². The summed E-state index contributed by atoms with van der Waals surface area (Å²) in [5.41, 5.74) is 1.74. The molecule has 7 nitrogen and oxygen atoms in total. The molecule has 2 N–H and O–H groups in total. The van der Waals surface area contributed by atoms with Crippen LogP contribution in [0.15, 0.2) is 53.8 Å². The minimum absolute atomic E-state index is 0.184. The normalized spacial score (nSPS) is 20.1. The number of nitrogens with zero attached hydrogens (tertiary/aromatic N) is 4. The molecule has 3 aromatic rings. The quantitative estimate of drug-likeness (QED) is 0.437. The number of methoxy groups -OCH3 is 1. The Morgan fingerprint density at radius 1 is 1.21 bits per heavy atom. The molecule has 0 amide bonds. The molecule has 3 atom stereocenters. The molecule has 1 aliphatic rings. The van der Waals surface area contributed by atoms with Crippen molar-refractivity contribution in [2.75, 3.05) is 39.1 Å². The molecule has 33 heavy (non-hydrogen) atoms. The van der Waals surface area contributed by atoms with Crippen molar-refractivity contribution in [2.45, 2.75) is 30.4 Å².